The molecule has 2 atom stereocenters. The quantitative estimate of drug-likeness (QED) is 0.887. The molecule has 2 rings (SSSR count). The summed E-state index contributed by atoms with van der Waals surface area (Å²) in [7, 11) is 0. The van der Waals surface area contributed by atoms with Gasteiger partial charge in [-0.3, -0.25) is 4.79 Å². The van der Waals surface area contributed by atoms with Crippen molar-refractivity contribution in [1.82, 2.24) is 5.32 Å². The van der Waals surface area contributed by atoms with Gasteiger partial charge in [-0.15, -0.1) is 0 Å². The van der Waals surface area contributed by atoms with E-state index in [2.05, 4.69) is 19.2 Å². The Bertz CT molecular complexity index is 455. The van der Waals surface area contributed by atoms with Crippen LogP contribution in [0.15, 0.2) is 24.3 Å². The molecule has 0 saturated heterocycles. The molecule has 0 bridgehead atoms. The smallest absolute Gasteiger partial charge is 0.251 e. The fraction of sp³-hybridized carbons (Fsp3) is 0.588. The molecule has 110 valence electrons. The number of aryl methyl sites for hydroxylation is 1. The number of nitrogens with one attached hydrogen (secondary N) is 1. The third-order valence-electron chi connectivity index (χ3n) is 4.80. The summed E-state index contributed by atoms with van der Waals surface area (Å²) in [6.07, 6.45) is 5.52. The summed E-state index contributed by atoms with van der Waals surface area (Å²) in [5.41, 5.74) is 7.74. The Kier molecular flexibility index (Phi) is 4.81. The molecule has 3 heteroatoms. The average Bonchev–Trinajstić information content (AvgIpc) is 2.49. The van der Waals surface area contributed by atoms with E-state index in [4.69, 9.17) is 5.73 Å². The third kappa shape index (κ3) is 3.04. The van der Waals surface area contributed by atoms with Crippen molar-refractivity contribution in [3.8, 4) is 0 Å². The monoisotopic (exact) mass is 274 g/mol. The van der Waals surface area contributed by atoms with Crippen LogP contribution in [-0.4, -0.2) is 18.0 Å². The van der Waals surface area contributed by atoms with E-state index in [1.807, 2.05) is 24.3 Å². The average molecular weight is 274 g/mol. The number of benzene rings is 1. The second kappa shape index (κ2) is 6.40. The third-order valence-corrected chi connectivity index (χ3v) is 4.80. The van der Waals surface area contributed by atoms with Gasteiger partial charge in [0.1, 0.15) is 0 Å². The van der Waals surface area contributed by atoms with E-state index < -0.39 is 0 Å². The number of carbonyl (C=O) groups is 1. The molecule has 1 amide bonds. The molecule has 0 radical (unpaired) electrons. The highest BCUT2D eigenvalue weighted by Crippen LogP contribution is 2.33. The first-order valence-electron chi connectivity index (χ1n) is 7.73. The van der Waals surface area contributed by atoms with Gasteiger partial charge >= 0.3 is 0 Å². The van der Waals surface area contributed by atoms with Gasteiger partial charge in [-0.05, 0) is 42.9 Å². The van der Waals surface area contributed by atoms with Crippen LogP contribution >= 0.6 is 0 Å². The lowest BCUT2D eigenvalue weighted by Gasteiger charge is -2.42. The maximum absolute atomic E-state index is 12.5. The largest absolute Gasteiger partial charge is 0.345 e. The van der Waals surface area contributed by atoms with E-state index in [-0.39, 0.29) is 11.4 Å². The zero-order valence-corrected chi connectivity index (χ0v) is 12.6. The molecule has 0 heterocycles. The van der Waals surface area contributed by atoms with E-state index >= 15 is 0 Å². The van der Waals surface area contributed by atoms with E-state index in [0.717, 1.165) is 31.2 Å². The molecule has 0 spiro atoms. The van der Waals surface area contributed by atoms with Crippen LogP contribution in [0.1, 0.15) is 55.5 Å². The summed E-state index contributed by atoms with van der Waals surface area (Å²) in [4.78, 5) is 12.5. The zero-order valence-electron chi connectivity index (χ0n) is 12.6. The molecule has 3 nitrogen and oxygen atoms in total. The van der Waals surface area contributed by atoms with Gasteiger partial charge in [-0.25, -0.2) is 0 Å². The lowest BCUT2D eigenvalue weighted by molar-refractivity contribution is 0.0813. The van der Waals surface area contributed by atoms with Crippen LogP contribution in [0.4, 0.5) is 0 Å². The Balaban J connectivity index is 2.11. The highest BCUT2D eigenvalue weighted by Gasteiger charge is 2.38. The predicted octanol–water partition coefficient (Wildman–Crippen LogP) is 2.89. The molecule has 2 unspecified atom stereocenters. The molecule has 20 heavy (non-hydrogen) atoms. The minimum Gasteiger partial charge on any atom is -0.345 e. The summed E-state index contributed by atoms with van der Waals surface area (Å²) in [5, 5.41) is 3.22. The van der Waals surface area contributed by atoms with E-state index in [1.165, 1.54) is 12.0 Å². The summed E-state index contributed by atoms with van der Waals surface area (Å²) in [6, 6.07) is 7.86. The number of hydrogen-bond acceptors (Lipinski definition) is 2. The number of carbonyl (C=O) groups excluding carboxylic acids is 1. The lowest BCUT2D eigenvalue weighted by atomic mass is 9.73. The fourth-order valence-electron chi connectivity index (χ4n) is 3.14. The second-order valence-corrected chi connectivity index (χ2v) is 6.01. The number of nitrogens with two attached hydrogens (primary N) is 1. The van der Waals surface area contributed by atoms with Crippen LogP contribution in [0.5, 0.6) is 0 Å². The van der Waals surface area contributed by atoms with Crippen LogP contribution in [-0.2, 0) is 6.42 Å². The molecule has 1 aromatic rings. The molecular formula is C17H26N2O. The molecular weight excluding hydrogens is 248 g/mol. The topological polar surface area (TPSA) is 55.1 Å². The van der Waals surface area contributed by atoms with Crippen molar-refractivity contribution in [2.24, 2.45) is 11.7 Å². The van der Waals surface area contributed by atoms with Gasteiger partial charge in [-0.1, -0.05) is 38.8 Å². The molecule has 1 fully saturated rings. The first-order chi connectivity index (χ1) is 9.61. The second-order valence-electron chi connectivity index (χ2n) is 6.01. The summed E-state index contributed by atoms with van der Waals surface area (Å²) >= 11 is 0. The Hall–Kier alpha value is -1.35. The van der Waals surface area contributed by atoms with Gasteiger partial charge in [0, 0.05) is 12.1 Å². The van der Waals surface area contributed by atoms with Crippen molar-refractivity contribution in [3.63, 3.8) is 0 Å². The molecule has 1 aliphatic rings. The summed E-state index contributed by atoms with van der Waals surface area (Å²) in [6.45, 7) is 4.83. The minimum absolute atomic E-state index is 0.00635. The van der Waals surface area contributed by atoms with Crippen molar-refractivity contribution in [1.29, 1.82) is 0 Å². The van der Waals surface area contributed by atoms with Crippen molar-refractivity contribution in [2.45, 2.75) is 51.5 Å². The first kappa shape index (κ1) is 15.0. The number of rotatable bonds is 4. The highest BCUT2D eigenvalue weighted by molar-refractivity contribution is 5.94. The van der Waals surface area contributed by atoms with Crippen molar-refractivity contribution < 1.29 is 4.79 Å². The van der Waals surface area contributed by atoms with Crippen LogP contribution in [0, 0.1) is 5.92 Å². The maximum atomic E-state index is 12.5. The summed E-state index contributed by atoms with van der Waals surface area (Å²) in [5.74, 6) is 0.451. The van der Waals surface area contributed by atoms with Crippen molar-refractivity contribution >= 4 is 5.91 Å². The molecule has 1 aliphatic carbocycles. The Morgan fingerprint density at radius 2 is 2.05 bits per heavy atom. The molecule has 0 aliphatic heterocycles. The van der Waals surface area contributed by atoms with Gasteiger partial charge in [-0.2, -0.15) is 0 Å². The minimum atomic E-state index is -0.223. The van der Waals surface area contributed by atoms with E-state index in [9.17, 15) is 4.79 Å². The predicted molar refractivity (Wildman–Crippen MR) is 82.7 cm³/mol. The van der Waals surface area contributed by atoms with Crippen LogP contribution < -0.4 is 11.1 Å². The van der Waals surface area contributed by atoms with Crippen LogP contribution in [0.3, 0.4) is 0 Å². The Morgan fingerprint density at radius 1 is 1.35 bits per heavy atom. The Labute approximate surface area is 121 Å². The molecule has 1 saturated carbocycles. The Morgan fingerprint density at radius 3 is 2.60 bits per heavy atom. The molecule has 3 N–H and O–H groups in total. The van der Waals surface area contributed by atoms with E-state index in [0.29, 0.717) is 12.5 Å². The van der Waals surface area contributed by atoms with Crippen LogP contribution in [0.25, 0.3) is 0 Å². The van der Waals surface area contributed by atoms with Gasteiger partial charge in [0.05, 0.1) is 5.54 Å². The lowest BCUT2D eigenvalue weighted by Crippen LogP contribution is -2.59. The molecule has 1 aromatic carbocycles. The van der Waals surface area contributed by atoms with Crippen molar-refractivity contribution in [3.05, 3.63) is 35.4 Å². The zero-order chi connectivity index (χ0) is 14.6. The van der Waals surface area contributed by atoms with Gasteiger partial charge < -0.3 is 11.1 Å². The number of amides is 1. The first-order valence-corrected chi connectivity index (χ1v) is 7.73. The molecule has 0 aromatic heterocycles. The fourth-order valence-corrected chi connectivity index (χ4v) is 3.14. The van der Waals surface area contributed by atoms with Crippen LogP contribution in [0.2, 0.25) is 0 Å². The maximum Gasteiger partial charge on any atom is 0.251 e. The van der Waals surface area contributed by atoms with Gasteiger partial charge in [0.2, 0.25) is 0 Å². The van der Waals surface area contributed by atoms with Gasteiger partial charge in [0.15, 0.2) is 0 Å². The number of hydrogen-bond donors (Lipinski definition) is 2. The normalized spacial score (nSPS) is 26.2. The SMILES string of the molecule is CCc1ccc(C(=O)NC2(CN)CCCCC2C)cc1. The standard InChI is InChI=1S/C17H26N2O/c1-3-14-7-9-15(10-8-14)16(20)19-17(12-18)11-5-4-6-13(17)2/h7-10,13H,3-6,11-12,18H2,1-2H3,(H,19,20). The summed E-state index contributed by atoms with van der Waals surface area (Å²) < 4.78 is 0. The highest BCUT2D eigenvalue weighted by atomic mass is 16.1. The van der Waals surface area contributed by atoms with E-state index in [1.54, 1.807) is 0 Å². The van der Waals surface area contributed by atoms with Gasteiger partial charge in [0.25, 0.3) is 5.91 Å². The van der Waals surface area contributed by atoms with Crippen molar-refractivity contribution in [2.75, 3.05) is 6.54 Å².